The van der Waals surface area contributed by atoms with E-state index in [1.54, 1.807) is 0 Å². The largest absolute Gasteiger partial charge is 0.465 e. The average Bonchev–Trinajstić information content (AvgIpc) is 3.12. The summed E-state index contributed by atoms with van der Waals surface area (Å²) in [5, 5.41) is 0. The van der Waals surface area contributed by atoms with Crippen molar-refractivity contribution in [3.8, 4) is 0 Å². The summed E-state index contributed by atoms with van der Waals surface area (Å²) in [5.41, 5.74) is 0.379. The van der Waals surface area contributed by atoms with Crippen LogP contribution in [-0.4, -0.2) is 70.7 Å². The normalized spacial score (nSPS) is 16.5. The van der Waals surface area contributed by atoms with E-state index in [0.717, 1.165) is 33.5 Å². The predicted octanol–water partition coefficient (Wildman–Crippen LogP) is 1.55. The van der Waals surface area contributed by atoms with Crippen LogP contribution in [0, 0.1) is 5.82 Å². The third-order valence-corrected chi connectivity index (χ3v) is 7.18. The lowest BCUT2D eigenvalue weighted by Gasteiger charge is -2.29. The summed E-state index contributed by atoms with van der Waals surface area (Å²) < 4.78 is 55.9. The highest BCUT2D eigenvalue weighted by atomic mass is 32.2. The molecule has 34 heavy (non-hydrogen) atoms. The van der Waals surface area contributed by atoms with E-state index in [1.165, 1.54) is 45.6 Å². The Morgan fingerprint density at radius 1 is 1.06 bits per heavy atom. The Balaban J connectivity index is 1.98. The van der Waals surface area contributed by atoms with Gasteiger partial charge < -0.3 is 14.2 Å². The van der Waals surface area contributed by atoms with Gasteiger partial charge in [-0.2, -0.15) is 4.31 Å². The maximum atomic E-state index is 13.4. The van der Waals surface area contributed by atoms with Gasteiger partial charge in [0, 0.05) is 14.2 Å². The van der Waals surface area contributed by atoms with Gasteiger partial charge in [0.15, 0.2) is 6.29 Å². The summed E-state index contributed by atoms with van der Waals surface area (Å²) in [6.07, 6.45) is -1.47. The monoisotopic (exact) mass is 494 g/mol. The molecule has 0 N–H and O–H groups in total. The Bertz CT molecular complexity index is 1160. The van der Waals surface area contributed by atoms with E-state index in [1.807, 2.05) is 0 Å². The molecule has 2 amide bonds. The molecule has 10 nitrogen and oxygen atoms in total. The Kier molecular flexibility index (Phi) is 7.77. The lowest BCUT2D eigenvalue weighted by Crippen LogP contribution is -2.49. The van der Waals surface area contributed by atoms with Gasteiger partial charge in [-0.05, 0) is 48.5 Å². The molecule has 1 unspecified atom stereocenters. The fourth-order valence-corrected chi connectivity index (χ4v) is 5.07. The average molecular weight is 494 g/mol. The number of ether oxygens (including phenoxy) is 3. The molecule has 0 saturated carbocycles. The van der Waals surface area contributed by atoms with Crippen LogP contribution in [0.5, 0.6) is 0 Å². The number of halogens is 1. The van der Waals surface area contributed by atoms with Crippen LogP contribution in [0.25, 0.3) is 0 Å². The van der Waals surface area contributed by atoms with Crippen LogP contribution in [0.3, 0.4) is 0 Å². The standard InChI is InChI=1S/C22H23FN2O8S/c1-31-20(32-2)13-24(34(29,30)17-10-6-15(23)7-11-17)18-12-19(26)25(21(18)27)16-8-4-14(5-9-16)22(28)33-3/h4-11,18,20H,12-13H2,1-3H3. The molecule has 12 heteroatoms. The molecule has 2 aromatic rings. The van der Waals surface area contributed by atoms with Gasteiger partial charge in [-0.15, -0.1) is 0 Å². The second-order valence-corrected chi connectivity index (χ2v) is 9.15. The number of rotatable bonds is 9. The van der Waals surface area contributed by atoms with Crippen LogP contribution in [0.1, 0.15) is 16.8 Å². The van der Waals surface area contributed by atoms with Crippen molar-refractivity contribution in [2.24, 2.45) is 0 Å². The number of hydrogen-bond donors (Lipinski definition) is 0. The van der Waals surface area contributed by atoms with E-state index < -0.39 is 58.9 Å². The van der Waals surface area contributed by atoms with Gasteiger partial charge in [-0.1, -0.05) is 0 Å². The van der Waals surface area contributed by atoms with Crippen LogP contribution in [0.15, 0.2) is 53.4 Å². The van der Waals surface area contributed by atoms with Crippen molar-refractivity contribution in [2.45, 2.75) is 23.6 Å². The molecular weight excluding hydrogens is 471 g/mol. The third-order valence-electron chi connectivity index (χ3n) is 5.29. The summed E-state index contributed by atoms with van der Waals surface area (Å²) in [6.45, 7) is -0.397. The SMILES string of the molecule is COC(=O)c1ccc(N2C(=O)CC(N(CC(OC)OC)S(=O)(=O)c3ccc(F)cc3)C2=O)cc1. The minimum Gasteiger partial charge on any atom is -0.465 e. The van der Waals surface area contributed by atoms with Crippen LogP contribution < -0.4 is 4.90 Å². The van der Waals surface area contributed by atoms with Gasteiger partial charge in [0.1, 0.15) is 11.9 Å². The van der Waals surface area contributed by atoms with E-state index in [0.29, 0.717) is 0 Å². The fourth-order valence-electron chi connectivity index (χ4n) is 3.50. The van der Waals surface area contributed by atoms with E-state index in [4.69, 9.17) is 9.47 Å². The molecule has 2 aromatic carbocycles. The molecule has 1 heterocycles. The summed E-state index contributed by atoms with van der Waals surface area (Å²) in [5.74, 6) is -2.64. The van der Waals surface area contributed by atoms with Crippen molar-refractivity contribution in [3.05, 3.63) is 59.9 Å². The van der Waals surface area contributed by atoms with Crippen LogP contribution in [0.4, 0.5) is 10.1 Å². The Labute approximate surface area is 195 Å². The third kappa shape index (κ3) is 4.99. The maximum Gasteiger partial charge on any atom is 0.337 e. The predicted molar refractivity (Wildman–Crippen MR) is 117 cm³/mol. The lowest BCUT2D eigenvalue weighted by atomic mass is 10.2. The van der Waals surface area contributed by atoms with Crippen LogP contribution in [-0.2, 0) is 33.8 Å². The molecule has 1 saturated heterocycles. The highest BCUT2D eigenvalue weighted by Gasteiger charge is 2.47. The topological polar surface area (TPSA) is 120 Å². The number of methoxy groups -OCH3 is 3. The van der Waals surface area contributed by atoms with Crippen molar-refractivity contribution in [2.75, 3.05) is 32.8 Å². The minimum absolute atomic E-state index is 0.166. The van der Waals surface area contributed by atoms with E-state index in [9.17, 15) is 27.2 Å². The molecule has 182 valence electrons. The Hall–Kier alpha value is -3.19. The minimum atomic E-state index is -4.35. The zero-order valence-electron chi connectivity index (χ0n) is 18.6. The molecule has 1 atom stereocenters. The number of anilines is 1. The first-order chi connectivity index (χ1) is 16.1. The quantitative estimate of drug-likeness (QED) is 0.293. The highest BCUT2D eigenvalue weighted by molar-refractivity contribution is 7.89. The number of nitrogens with zero attached hydrogens (tertiary/aromatic N) is 2. The fraction of sp³-hybridized carbons (Fsp3) is 0.318. The number of imide groups is 1. The van der Waals surface area contributed by atoms with Gasteiger partial charge in [-0.25, -0.2) is 22.5 Å². The summed E-state index contributed by atoms with van der Waals surface area (Å²) in [7, 11) is -0.535. The number of amides is 2. The molecule has 0 radical (unpaired) electrons. The molecule has 1 fully saturated rings. The Morgan fingerprint density at radius 2 is 1.65 bits per heavy atom. The number of esters is 1. The molecular formula is C22H23FN2O8S. The molecule has 0 aliphatic carbocycles. The van der Waals surface area contributed by atoms with E-state index >= 15 is 0 Å². The number of hydrogen-bond acceptors (Lipinski definition) is 8. The highest BCUT2D eigenvalue weighted by Crippen LogP contribution is 2.30. The number of benzene rings is 2. The number of carbonyl (C=O) groups is 3. The van der Waals surface area contributed by atoms with Crippen molar-refractivity contribution < 1.29 is 41.4 Å². The number of carbonyl (C=O) groups excluding carboxylic acids is 3. The zero-order valence-corrected chi connectivity index (χ0v) is 19.5. The van der Waals surface area contributed by atoms with E-state index in [-0.39, 0.29) is 16.1 Å². The molecule has 0 spiro atoms. The first kappa shape index (κ1) is 25.4. The molecule has 0 aromatic heterocycles. The van der Waals surface area contributed by atoms with Gasteiger partial charge >= 0.3 is 5.97 Å². The van der Waals surface area contributed by atoms with Gasteiger partial charge in [-0.3, -0.25) is 9.59 Å². The second-order valence-electron chi connectivity index (χ2n) is 7.26. The molecule has 3 rings (SSSR count). The first-order valence-electron chi connectivity index (χ1n) is 10.0. The first-order valence-corrected chi connectivity index (χ1v) is 11.5. The van der Waals surface area contributed by atoms with Gasteiger partial charge in [0.05, 0.1) is 36.2 Å². The van der Waals surface area contributed by atoms with Gasteiger partial charge in [0.25, 0.3) is 5.91 Å². The van der Waals surface area contributed by atoms with Crippen molar-refractivity contribution in [1.29, 1.82) is 0 Å². The van der Waals surface area contributed by atoms with Crippen molar-refractivity contribution in [3.63, 3.8) is 0 Å². The Morgan fingerprint density at radius 3 is 2.18 bits per heavy atom. The molecule has 1 aliphatic heterocycles. The van der Waals surface area contributed by atoms with Crippen LogP contribution in [0.2, 0.25) is 0 Å². The molecule has 0 bridgehead atoms. The number of sulfonamides is 1. The van der Waals surface area contributed by atoms with E-state index in [2.05, 4.69) is 4.74 Å². The summed E-state index contributed by atoms with van der Waals surface area (Å²) in [6, 6.07) is 8.23. The van der Waals surface area contributed by atoms with Crippen molar-refractivity contribution in [1.82, 2.24) is 4.31 Å². The lowest BCUT2D eigenvalue weighted by molar-refractivity contribution is -0.125. The maximum absolute atomic E-state index is 13.4. The summed E-state index contributed by atoms with van der Waals surface area (Å²) in [4.78, 5) is 38.3. The smallest absolute Gasteiger partial charge is 0.337 e. The van der Waals surface area contributed by atoms with Crippen molar-refractivity contribution >= 4 is 33.5 Å². The zero-order chi connectivity index (χ0) is 25.0. The second kappa shape index (κ2) is 10.4. The van der Waals surface area contributed by atoms with Gasteiger partial charge in [0.2, 0.25) is 15.9 Å². The summed E-state index contributed by atoms with van der Waals surface area (Å²) >= 11 is 0. The molecule has 1 aliphatic rings. The van der Waals surface area contributed by atoms with Crippen LogP contribution >= 0.6 is 0 Å².